The van der Waals surface area contributed by atoms with Crippen molar-refractivity contribution in [2.24, 2.45) is 5.73 Å². The second-order valence-corrected chi connectivity index (χ2v) is 2.97. The summed E-state index contributed by atoms with van der Waals surface area (Å²) in [6.45, 7) is 1.00. The SMILES string of the molecule is CC(F)(F)Cn1ccc(CN)c1. The molecule has 0 unspecified atom stereocenters. The number of nitrogens with zero attached hydrogens (tertiary/aromatic N) is 1. The molecule has 0 saturated carbocycles. The molecule has 1 rings (SSSR count). The summed E-state index contributed by atoms with van der Waals surface area (Å²) in [7, 11) is 0. The summed E-state index contributed by atoms with van der Waals surface area (Å²) < 4.78 is 26.4. The summed E-state index contributed by atoms with van der Waals surface area (Å²) >= 11 is 0. The molecule has 0 saturated heterocycles. The summed E-state index contributed by atoms with van der Waals surface area (Å²) in [6, 6.07) is 1.74. The number of nitrogens with two attached hydrogens (primary N) is 1. The highest BCUT2D eigenvalue weighted by molar-refractivity contribution is 5.09. The zero-order valence-corrected chi connectivity index (χ0v) is 6.93. The third-order valence-electron chi connectivity index (χ3n) is 1.51. The van der Waals surface area contributed by atoms with Crippen molar-refractivity contribution < 1.29 is 8.78 Å². The fourth-order valence-corrected chi connectivity index (χ4v) is 1.03. The van der Waals surface area contributed by atoms with E-state index in [1.807, 2.05) is 0 Å². The highest BCUT2D eigenvalue weighted by Crippen LogP contribution is 2.15. The maximum Gasteiger partial charge on any atom is 0.262 e. The molecule has 0 aliphatic carbocycles. The van der Waals surface area contributed by atoms with Crippen molar-refractivity contribution in [1.82, 2.24) is 4.57 Å². The van der Waals surface area contributed by atoms with E-state index < -0.39 is 5.92 Å². The number of hydrogen-bond acceptors (Lipinski definition) is 1. The predicted molar refractivity (Wildman–Crippen MR) is 42.9 cm³/mol. The average molecular weight is 174 g/mol. The van der Waals surface area contributed by atoms with Crippen LogP contribution in [0, 0.1) is 0 Å². The molecule has 12 heavy (non-hydrogen) atoms. The van der Waals surface area contributed by atoms with E-state index in [0.29, 0.717) is 6.54 Å². The van der Waals surface area contributed by atoms with Crippen LogP contribution in [-0.2, 0) is 13.1 Å². The van der Waals surface area contributed by atoms with Crippen LogP contribution < -0.4 is 5.73 Å². The Bertz CT molecular complexity index is 250. The van der Waals surface area contributed by atoms with Gasteiger partial charge in [0.1, 0.15) is 0 Å². The van der Waals surface area contributed by atoms with Crippen LogP contribution in [0.4, 0.5) is 8.78 Å². The lowest BCUT2D eigenvalue weighted by Gasteiger charge is -2.10. The lowest BCUT2D eigenvalue weighted by atomic mass is 10.3. The second-order valence-electron chi connectivity index (χ2n) is 2.97. The third kappa shape index (κ3) is 2.62. The van der Waals surface area contributed by atoms with Gasteiger partial charge in [-0.15, -0.1) is 0 Å². The van der Waals surface area contributed by atoms with Crippen molar-refractivity contribution in [3.05, 3.63) is 24.0 Å². The Morgan fingerprint density at radius 1 is 1.58 bits per heavy atom. The third-order valence-corrected chi connectivity index (χ3v) is 1.51. The van der Waals surface area contributed by atoms with E-state index in [1.54, 1.807) is 18.5 Å². The van der Waals surface area contributed by atoms with Crippen LogP contribution in [0.1, 0.15) is 12.5 Å². The molecule has 1 aromatic heterocycles. The van der Waals surface area contributed by atoms with Crippen LogP contribution in [0.3, 0.4) is 0 Å². The van der Waals surface area contributed by atoms with Crippen molar-refractivity contribution in [2.75, 3.05) is 0 Å². The Balaban J connectivity index is 2.64. The van der Waals surface area contributed by atoms with Gasteiger partial charge in [-0.1, -0.05) is 0 Å². The fraction of sp³-hybridized carbons (Fsp3) is 0.500. The van der Waals surface area contributed by atoms with Crippen molar-refractivity contribution in [1.29, 1.82) is 0 Å². The highest BCUT2D eigenvalue weighted by atomic mass is 19.3. The lowest BCUT2D eigenvalue weighted by molar-refractivity contribution is 0.00400. The number of rotatable bonds is 3. The standard InChI is InChI=1S/C8H12F2N2/c1-8(9,10)6-12-3-2-7(4-11)5-12/h2-3,5H,4,6,11H2,1H3. The molecular weight excluding hydrogens is 162 g/mol. The molecule has 0 aliphatic rings. The van der Waals surface area contributed by atoms with Crippen molar-refractivity contribution in [2.45, 2.75) is 25.9 Å². The van der Waals surface area contributed by atoms with Gasteiger partial charge in [0.15, 0.2) is 0 Å². The predicted octanol–water partition coefficient (Wildman–Crippen LogP) is 1.60. The van der Waals surface area contributed by atoms with E-state index in [9.17, 15) is 8.78 Å². The van der Waals surface area contributed by atoms with E-state index in [1.165, 1.54) is 4.57 Å². The summed E-state index contributed by atoms with van der Waals surface area (Å²) in [5.74, 6) is -2.66. The first kappa shape index (κ1) is 9.19. The van der Waals surface area contributed by atoms with Crippen molar-refractivity contribution >= 4 is 0 Å². The van der Waals surface area contributed by atoms with Gasteiger partial charge in [-0.2, -0.15) is 0 Å². The van der Waals surface area contributed by atoms with Gasteiger partial charge in [-0.05, 0) is 11.6 Å². The molecule has 2 N–H and O–H groups in total. The lowest BCUT2D eigenvalue weighted by Crippen LogP contribution is -2.18. The van der Waals surface area contributed by atoms with Gasteiger partial charge in [-0.3, -0.25) is 0 Å². The van der Waals surface area contributed by atoms with E-state index in [0.717, 1.165) is 12.5 Å². The molecule has 1 heterocycles. The van der Waals surface area contributed by atoms with Crippen LogP contribution >= 0.6 is 0 Å². The minimum atomic E-state index is -2.66. The second kappa shape index (κ2) is 3.23. The first-order valence-electron chi connectivity index (χ1n) is 3.74. The van der Waals surface area contributed by atoms with E-state index in [-0.39, 0.29) is 6.54 Å². The Hall–Kier alpha value is -0.900. The van der Waals surface area contributed by atoms with Gasteiger partial charge in [0.2, 0.25) is 0 Å². The Morgan fingerprint density at radius 2 is 2.25 bits per heavy atom. The molecule has 0 radical (unpaired) electrons. The minimum Gasteiger partial charge on any atom is -0.348 e. The van der Waals surface area contributed by atoms with Gasteiger partial charge < -0.3 is 10.3 Å². The van der Waals surface area contributed by atoms with Crippen molar-refractivity contribution in [3.63, 3.8) is 0 Å². The zero-order chi connectivity index (χ0) is 9.19. The first-order chi connectivity index (χ1) is 5.51. The maximum atomic E-state index is 12.5. The molecule has 0 spiro atoms. The van der Waals surface area contributed by atoms with Gasteiger partial charge in [0.25, 0.3) is 5.92 Å². The monoisotopic (exact) mass is 174 g/mol. The highest BCUT2D eigenvalue weighted by Gasteiger charge is 2.21. The molecule has 0 amide bonds. The van der Waals surface area contributed by atoms with Gasteiger partial charge in [0.05, 0.1) is 6.54 Å². The number of halogens is 2. The summed E-state index contributed by atoms with van der Waals surface area (Å²) in [6.07, 6.45) is 3.25. The molecule has 2 nitrogen and oxygen atoms in total. The van der Waals surface area contributed by atoms with Crippen molar-refractivity contribution in [3.8, 4) is 0 Å². The van der Waals surface area contributed by atoms with E-state index in [2.05, 4.69) is 0 Å². The first-order valence-corrected chi connectivity index (χ1v) is 3.74. The fourth-order valence-electron chi connectivity index (χ4n) is 1.03. The molecule has 0 atom stereocenters. The molecule has 1 aromatic rings. The van der Waals surface area contributed by atoms with Gasteiger partial charge in [-0.25, -0.2) is 8.78 Å². The summed E-state index contributed by atoms with van der Waals surface area (Å²) in [4.78, 5) is 0. The number of aromatic nitrogens is 1. The molecule has 4 heteroatoms. The maximum absolute atomic E-state index is 12.5. The zero-order valence-electron chi connectivity index (χ0n) is 6.93. The van der Waals surface area contributed by atoms with Crippen LogP contribution in [0.5, 0.6) is 0 Å². The normalized spacial score (nSPS) is 12.0. The smallest absolute Gasteiger partial charge is 0.262 e. The quantitative estimate of drug-likeness (QED) is 0.741. The molecule has 0 aromatic carbocycles. The Labute approximate surface area is 70.0 Å². The van der Waals surface area contributed by atoms with Crippen LogP contribution in [-0.4, -0.2) is 10.5 Å². The molecule has 0 aliphatic heterocycles. The summed E-state index contributed by atoms with van der Waals surface area (Å²) in [5.41, 5.74) is 6.20. The van der Waals surface area contributed by atoms with Crippen LogP contribution in [0.25, 0.3) is 0 Å². The number of hydrogen-bond donors (Lipinski definition) is 1. The average Bonchev–Trinajstić information content (AvgIpc) is 2.32. The molecule has 0 fully saturated rings. The largest absolute Gasteiger partial charge is 0.348 e. The molecule has 68 valence electrons. The molecular formula is C8H12F2N2. The molecule has 0 bridgehead atoms. The van der Waals surface area contributed by atoms with E-state index in [4.69, 9.17) is 5.73 Å². The van der Waals surface area contributed by atoms with Gasteiger partial charge >= 0.3 is 0 Å². The minimum absolute atomic E-state index is 0.285. The van der Waals surface area contributed by atoms with Gasteiger partial charge in [0, 0.05) is 25.9 Å². The van der Waals surface area contributed by atoms with E-state index >= 15 is 0 Å². The number of alkyl halides is 2. The Morgan fingerprint density at radius 3 is 2.67 bits per heavy atom. The van der Waals surface area contributed by atoms with Crippen LogP contribution in [0.15, 0.2) is 18.5 Å². The Kier molecular flexibility index (Phi) is 2.47. The topological polar surface area (TPSA) is 30.9 Å². The summed E-state index contributed by atoms with van der Waals surface area (Å²) in [5, 5.41) is 0. The van der Waals surface area contributed by atoms with Crippen LogP contribution in [0.2, 0.25) is 0 Å².